The molecule has 1 saturated carbocycles. The van der Waals surface area contributed by atoms with E-state index >= 15 is 0 Å². The quantitative estimate of drug-likeness (QED) is 0.819. The van der Waals surface area contributed by atoms with Crippen molar-refractivity contribution >= 4 is 0 Å². The molecule has 2 aromatic rings. The lowest BCUT2D eigenvalue weighted by Crippen LogP contribution is -2.34. The van der Waals surface area contributed by atoms with Gasteiger partial charge in [-0.15, -0.1) is 0 Å². The second kappa shape index (κ2) is 3.92. The van der Waals surface area contributed by atoms with Gasteiger partial charge in [-0.1, -0.05) is 12.8 Å². The minimum Gasteiger partial charge on any atom is -0.339 e. The SMILES string of the molecule is NC1(c2ncc(-c3cnccn3)[nH]2)CCCC1. The maximum Gasteiger partial charge on any atom is 0.126 e. The summed E-state index contributed by atoms with van der Waals surface area (Å²) in [5.74, 6) is 0.871. The van der Waals surface area contributed by atoms with Gasteiger partial charge < -0.3 is 10.7 Å². The van der Waals surface area contributed by atoms with Gasteiger partial charge in [-0.2, -0.15) is 0 Å². The molecule has 0 atom stereocenters. The Morgan fingerprint density at radius 2 is 1.94 bits per heavy atom. The van der Waals surface area contributed by atoms with Gasteiger partial charge in [0.15, 0.2) is 0 Å². The van der Waals surface area contributed by atoms with Crippen LogP contribution in [0, 0.1) is 0 Å². The Hall–Kier alpha value is -1.75. The van der Waals surface area contributed by atoms with Crippen LogP contribution in [0.5, 0.6) is 0 Å². The van der Waals surface area contributed by atoms with E-state index in [0.717, 1.165) is 30.1 Å². The standard InChI is InChI=1S/C12H15N5/c13-12(3-1-2-4-12)11-16-8-10(17-11)9-7-14-5-6-15-9/h5-8H,1-4,13H2,(H,16,17). The minimum absolute atomic E-state index is 0.277. The molecule has 0 unspecified atom stereocenters. The van der Waals surface area contributed by atoms with Gasteiger partial charge in [-0.05, 0) is 12.8 Å². The molecule has 0 aromatic carbocycles. The third kappa shape index (κ3) is 1.82. The van der Waals surface area contributed by atoms with Crippen molar-refractivity contribution in [2.45, 2.75) is 31.2 Å². The Balaban J connectivity index is 1.93. The first kappa shape index (κ1) is 10.4. The van der Waals surface area contributed by atoms with Gasteiger partial charge in [0.1, 0.15) is 11.5 Å². The zero-order valence-corrected chi connectivity index (χ0v) is 9.56. The number of aromatic amines is 1. The van der Waals surface area contributed by atoms with Crippen LogP contribution < -0.4 is 5.73 Å². The normalized spacial score (nSPS) is 18.4. The van der Waals surface area contributed by atoms with Gasteiger partial charge in [-0.3, -0.25) is 9.97 Å². The Bertz CT molecular complexity index is 499. The Morgan fingerprint density at radius 1 is 1.12 bits per heavy atom. The molecule has 1 fully saturated rings. The highest BCUT2D eigenvalue weighted by Gasteiger charge is 2.34. The van der Waals surface area contributed by atoms with E-state index in [9.17, 15) is 0 Å². The Morgan fingerprint density at radius 3 is 2.65 bits per heavy atom. The lowest BCUT2D eigenvalue weighted by molar-refractivity contribution is 0.436. The molecule has 17 heavy (non-hydrogen) atoms. The number of nitrogens with zero attached hydrogens (tertiary/aromatic N) is 3. The van der Waals surface area contributed by atoms with Crippen molar-refractivity contribution in [3.05, 3.63) is 30.6 Å². The van der Waals surface area contributed by atoms with Gasteiger partial charge in [0.25, 0.3) is 0 Å². The van der Waals surface area contributed by atoms with E-state index in [1.807, 2.05) is 0 Å². The van der Waals surface area contributed by atoms with Gasteiger partial charge in [0.2, 0.25) is 0 Å². The van der Waals surface area contributed by atoms with Gasteiger partial charge >= 0.3 is 0 Å². The largest absolute Gasteiger partial charge is 0.339 e. The third-order valence-corrected chi connectivity index (χ3v) is 3.38. The summed E-state index contributed by atoms with van der Waals surface area (Å²) in [6.07, 6.45) is 11.2. The molecule has 0 aliphatic heterocycles. The van der Waals surface area contributed by atoms with Crippen LogP contribution in [0.1, 0.15) is 31.5 Å². The van der Waals surface area contributed by atoms with Crippen molar-refractivity contribution < 1.29 is 0 Å². The minimum atomic E-state index is -0.277. The summed E-state index contributed by atoms with van der Waals surface area (Å²) in [6, 6.07) is 0. The fourth-order valence-electron chi connectivity index (χ4n) is 2.39. The lowest BCUT2D eigenvalue weighted by Gasteiger charge is -2.20. The number of nitrogens with two attached hydrogens (primary N) is 1. The summed E-state index contributed by atoms with van der Waals surface area (Å²) in [5.41, 5.74) is 7.74. The molecule has 3 N–H and O–H groups in total. The monoisotopic (exact) mass is 229 g/mol. The predicted octanol–water partition coefficient (Wildman–Crippen LogP) is 1.59. The van der Waals surface area contributed by atoms with Crippen LogP contribution >= 0.6 is 0 Å². The second-order valence-corrected chi connectivity index (χ2v) is 4.60. The Labute approximate surface area is 99.5 Å². The van der Waals surface area contributed by atoms with E-state index in [-0.39, 0.29) is 5.54 Å². The maximum absolute atomic E-state index is 6.34. The smallest absolute Gasteiger partial charge is 0.126 e. The van der Waals surface area contributed by atoms with Crippen LogP contribution in [0.3, 0.4) is 0 Å². The number of hydrogen-bond acceptors (Lipinski definition) is 4. The molecule has 0 bridgehead atoms. The molecule has 88 valence electrons. The first-order valence-corrected chi connectivity index (χ1v) is 5.89. The van der Waals surface area contributed by atoms with Crippen LogP contribution in [0.15, 0.2) is 24.8 Å². The molecular formula is C12H15N5. The van der Waals surface area contributed by atoms with Gasteiger partial charge in [0.05, 0.1) is 23.6 Å². The van der Waals surface area contributed by atoms with Crippen LogP contribution in [-0.4, -0.2) is 19.9 Å². The molecule has 2 heterocycles. The Kier molecular flexibility index (Phi) is 2.40. The summed E-state index contributed by atoms with van der Waals surface area (Å²) >= 11 is 0. The molecule has 3 rings (SSSR count). The van der Waals surface area contributed by atoms with E-state index < -0.39 is 0 Å². The fourth-order valence-corrected chi connectivity index (χ4v) is 2.39. The van der Waals surface area contributed by atoms with Crippen molar-refractivity contribution in [2.24, 2.45) is 5.73 Å². The molecule has 0 spiro atoms. The molecule has 0 saturated heterocycles. The second-order valence-electron chi connectivity index (χ2n) is 4.60. The van der Waals surface area contributed by atoms with Crippen LogP contribution in [-0.2, 0) is 5.54 Å². The molecular weight excluding hydrogens is 214 g/mol. The van der Waals surface area contributed by atoms with Crippen molar-refractivity contribution in [1.82, 2.24) is 19.9 Å². The maximum atomic E-state index is 6.34. The first-order chi connectivity index (χ1) is 8.28. The van der Waals surface area contributed by atoms with Crippen molar-refractivity contribution in [1.29, 1.82) is 0 Å². The molecule has 5 nitrogen and oxygen atoms in total. The van der Waals surface area contributed by atoms with E-state index in [1.54, 1.807) is 24.8 Å². The predicted molar refractivity (Wildman–Crippen MR) is 63.9 cm³/mol. The van der Waals surface area contributed by atoms with Crippen LogP contribution in [0.4, 0.5) is 0 Å². The number of imidazole rings is 1. The summed E-state index contributed by atoms with van der Waals surface area (Å²) in [4.78, 5) is 16.0. The van der Waals surface area contributed by atoms with Gasteiger partial charge in [0, 0.05) is 12.4 Å². The molecule has 2 aromatic heterocycles. The van der Waals surface area contributed by atoms with E-state index in [4.69, 9.17) is 5.73 Å². The summed E-state index contributed by atoms with van der Waals surface area (Å²) in [7, 11) is 0. The average Bonchev–Trinajstić information content (AvgIpc) is 2.99. The molecule has 0 amide bonds. The molecule has 0 radical (unpaired) electrons. The molecule has 1 aliphatic rings. The van der Waals surface area contributed by atoms with Crippen LogP contribution in [0.25, 0.3) is 11.4 Å². The van der Waals surface area contributed by atoms with E-state index in [1.165, 1.54) is 12.8 Å². The summed E-state index contributed by atoms with van der Waals surface area (Å²) in [5, 5.41) is 0. The van der Waals surface area contributed by atoms with Crippen molar-refractivity contribution in [2.75, 3.05) is 0 Å². The first-order valence-electron chi connectivity index (χ1n) is 5.89. The lowest BCUT2D eigenvalue weighted by atomic mass is 9.99. The average molecular weight is 229 g/mol. The van der Waals surface area contributed by atoms with Crippen molar-refractivity contribution in [3.63, 3.8) is 0 Å². The number of aromatic nitrogens is 4. The fraction of sp³-hybridized carbons (Fsp3) is 0.417. The highest BCUT2D eigenvalue weighted by molar-refractivity contribution is 5.51. The highest BCUT2D eigenvalue weighted by atomic mass is 15.0. The zero-order chi connectivity index (χ0) is 11.7. The summed E-state index contributed by atoms with van der Waals surface area (Å²) in [6.45, 7) is 0. The van der Waals surface area contributed by atoms with E-state index in [2.05, 4.69) is 19.9 Å². The van der Waals surface area contributed by atoms with Crippen LogP contribution in [0.2, 0.25) is 0 Å². The topological polar surface area (TPSA) is 80.5 Å². The zero-order valence-electron chi connectivity index (χ0n) is 9.56. The number of hydrogen-bond donors (Lipinski definition) is 2. The number of nitrogens with one attached hydrogen (secondary N) is 1. The van der Waals surface area contributed by atoms with E-state index in [0.29, 0.717) is 0 Å². The number of rotatable bonds is 2. The third-order valence-electron chi connectivity index (χ3n) is 3.38. The highest BCUT2D eigenvalue weighted by Crippen LogP contribution is 2.35. The molecule has 1 aliphatic carbocycles. The molecule has 5 heteroatoms. The number of H-pyrrole nitrogens is 1. The van der Waals surface area contributed by atoms with Crippen molar-refractivity contribution in [3.8, 4) is 11.4 Å². The van der Waals surface area contributed by atoms with Gasteiger partial charge in [-0.25, -0.2) is 4.98 Å². The summed E-state index contributed by atoms with van der Waals surface area (Å²) < 4.78 is 0.